The molecule has 1 aromatic carbocycles. The first-order valence-corrected chi connectivity index (χ1v) is 5.63. The van der Waals surface area contributed by atoms with Crippen molar-refractivity contribution in [2.24, 2.45) is 0 Å². The van der Waals surface area contributed by atoms with Crippen molar-refractivity contribution in [3.8, 4) is 0 Å². The van der Waals surface area contributed by atoms with E-state index in [4.69, 9.17) is 0 Å². The fourth-order valence-corrected chi connectivity index (χ4v) is 1.78. The molecule has 0 fully saturated rings. The molecule has 0 saturated carbocycles. The number of nitrogens with one attached hydrogen (secondary N) is 2. The molecule has 19 heavy (non-hydrogen) atoms. The molecule has 6 nitrogen and oxygen atoms in total. The molecule has 2 N–H and O–H groups in total. The Morgan fingerprint density at radius 3 is 2.89 bits per heavy atom. The number of aromatic nitrogens is 2. The van der Waals surface area contributed by atoms with Gasteiger partial charge < -0.3 is 5.32 Å². The molecule has 0 aliphatic carbocycles. The van der Waals surface area contributed by atoms with Gasteiger partial charge in [-0.3, -0.25) is 5.43 Å². The van der Waals surface area contributed by atoms with Gasteiger partial charge in [-0.2, -0.15) is 5.01 Å². The van der Waals surface area contributed by atoms with Crippen molar-refractivity contribution < 1.29 is 9.18 Å². The van der Waals surface area contributed by atoms with E-state index in [9.17, 15) is 9.18 Å². The van der Waals surface area contributed by atoms with Crippen LogP contribution in [-0.4, -0.2) is 16.0 Å². The SMILES string of the molecule is O=C1NCc2cncnc2N1Nc1ccc(F)cc1. The van der Waals surface area contributed by atoms with Gasteiger partial charge in [-0.05, 0) is 24.3 Å². The Morgan fingerprint density at radius 2 is 2.11 bits per heavy atom. The molecule has 3 rings (SSSR count). The van der Waals surface area contributed by atoms with Crippen LogP contribution in [0.5, 0.6) is 0 Å². The summed E-state index contributed by atoms with van der Waals surface area (Å²) in [5, 5.41) is 3.96. The number of hydrogen-bond donors (Lipinski definition) is 2. The van der Waals surface area contributed by atoms with Crippen LogP contribution >= 0.6 is 0 Å². The largest absolute Gasteiger partial charge is 0.342 e. The number of anilines is 2. The van der Waals surface area contributed by atoms with E-state index in [-0.39, 0.29) is 11.8 Å². The van der Waals surface area contributed by atoms with Crippen LogP contribution < -0.4 is 15.8 Å². The lowest BCUT2D eigenvalue weighted by atomic mass is 10.2. The molecule has 0 bridgehead atoms. The summed E-state index contributed by atoms with van der Waals surface area (Å²) in [6.07, 6.45) is 3.01. The molecule has 96 valence electrons. The number of carbonyl (C=O) groups excluding carboxylic acids is 1. The monoisotopic (exact) mass is 259 g/mol. The lowest BCUT2D eigenvalue weighted by molar-refractivity contribution is 0.245. The lowest BCUT2D eigenvalue weighted by Crippen LogP contribution is -2.48. The van der Waals surface area contributed by atoms with Crippen molar-refractivity contribution in [3.63, 3.8) is 0 Å². The average Bonchev–Trinajstić information content (AvgIpc) is 2.44. The number of urea groups is 1. The summed E-state index contributed by atoms with van der Waals surface area (Å²) in [4.78, 5) is 19.8. The molecule has 2 aromatic rings. The van der Waals surface area contributed by atoms with E-state index in [0.717, 1.165) is 5.56 Å². The molecule has 2 heterocycles. The Morgan fingerprint density at radius 1 is 1.32 bits per heavy atom. The van der Waals surface area contributed by atoms with Gasteiger partial charge in [-0.1, -0.05) is 0 Å². The highest BCUT2D eigenvalue weighted by Crippen LogP contribution is 2.21. The quantitative estimate of drug-likeness (QED) is 0.860. The Balaban J connectivity index is 1.91. The zero-order valence-electron chi connectivity index (χ0n) is 9.80. The van der Waals surface area contributed by atoms with Crippen molar-refractivity contribution in [3.05, 3.63) is 48.2 Å². The third-order valence-electron chi connectivity index (χ3n) is 2.69. The van der Waals surface area contributed by atoms with Gasteiger partial charge in [-0.15, -0.1) is 0 Å². The second-order valence-corrected chi connectivity index (χ2v) is 3.98. The molecule has 1 aliphatic rings. The van der Waals surface area contributed by atoms with E-state index >= 15 is 0 Å². The Bertz CT molecular complexity index is 616. The predicted octanol–water partition coefficient (Wildman–Crippen LogP) is 1.67. The summed E-state index contributed by atoms with van der Waals surface area (Å²) < 4.78 is 12.8. The lowest BCUT2D eigenvalue weighted by Gasteiger charge is -2.28. The van der Waals surface area contributed by atoms with E-state index in [0.29, 0.717) is 18.1 Å². The molecule has 1 aliphatic heterocycles. The minimum atomic E-state index is -0.337. The summed E-state index contributed by atoms with van der Waals surface area (Å²) in [6, 6.07) is 5.38. The van der Waals surface area contributed by atoms with Crippen LogP contribution in [0.25, 0.3) is 0 Å². The van der Waals surface area contributed by atoms with Crippen LogP contribution in [0.1, 0.15) is 5.56 Å². The van der Waals surface area contributed by atoms with Crippen LogP contribution in [-0.2, 0) is 6.54 Å². The fourth-order valence-electron chi connectivity index (χ4n) is 1.78. The van der Waals surface area contributed by atoms with Gasteiger partial charge in [0, 0.05) is 18.3 Å². The number of hydrazine groups is 1. The van der Waals surface area contributed by atoms with Gasteiger partial charge >= 0.3 is 6.03 Å². The summed E-state index contributed by atoms with van der Waals surface area (Å²) in [6.45, 7) is 0.386. The number of rotatable bonds is 2. The average molecular weight is 259 g/mol. The number of amides is 2. The predicted molar refractivity (Wildman–Crippen MR) is 66.8 cm³/mol. The molecule has 2 amide bonds. The highest BCUT2D eigenvalue weighted by molar-refractivity contribution is 5.95. The van der Waals surface area contributed by atoms with Gasteiger partial charge in [0.1, 0.15) is 12.1 Å². The maximum absolute atomic E-state index is 12.8. The normalized spacial score (nSPS) is 13.7. The van der Waals surface area contributed by atoms with E-state index in [2.05, 4.69) is 20.7 Å². The van der Waals surface area contributed by atoms with E-state index in [1.54, 1.807) is 6.20 Å². The number of carbonyl (C=O) groups is 1. The molecular weight excluding hydrogens is 249 g/mol. The standard InChI is InChI=1S/C12H10FN5O/c13-9-1-3-10(4-2-9)17-18-11-8(5-14-7-16-11)6-15-12(18)19/h1-5,7,17H,6H2,(H,15,19). The van der Waals surface area contributed by atoms with Crippen molar-refractivity contribution in [2.75, 3.05) is 10.4 Å². The van der Waals surface area contributed by atoms with E-state index in [1.165, 1.54) is 35.6 Å². The summed E-state index contributed by atoms with van der Waals surface area (Å²) in [5.74, 6) is 0.152. The van der Waals surface area contributed by atoms with Crippen LogP contribution in [0.2, 0.25) is 0 Å². The fraction of sp³-hybridized carbons (Fsp3) is 0.0833. The number of halogens is 1. The maximum Gasteiger partial charge on any atom is 0.342 e. The van der Waals surface area contributed by atoms with E-state index < -0.39 is 0 Å². The highest BCUT2D eigenvalue weighted by atomic mass is 19.1. The summed E-state index contributed by atoms with van der Waals surface area (Å²) >= 11 is 0. The van der Waals surface area contributed by atoms with Gasteiger partial charge in [0.05, 0.1) is 5.69 Å². The number of nitrogens with zero attached hydrogens (tertiary/aromatic N) is 3. The van der Waals surface area contributed by atoms with Crippen molar-refractivity contribution in [1.82, 2.24) is 15.3 Å². The van der Waals surface area contributed by atoms with Crippen LogP contribution in [0.3, 0.4) is 0 Å². The maximum atomic E-state index is 12.8. The Kier molecular flexibility index (Phi) is 2.71. The molecule has 0 unspecified atom stereocenters. The third-order valence-corrected chi connectivity index (χ3v) is 2.69. The molecule has 0 radical (unpaired) electrons. The molecule has 1 aromatic heterocycles. The second-order valence-electron chi connectivity index (χ2n) is 3.98. The van der Waals surface area contributed by atoms with Crippen molar-refractivity contribution in [2.45, 2.75) is 6.54 Å². The summed E-state index contributed by atoms with van der Waals surface area (Å²) in [5.41, 5.74) is 4.27. The first-order chi connectivity index (χ1) is 9.24. The molecular formula is C12H10FN5O. The minimum absolute atomic E-state index is 0.324. The van der Waals surface area contributed by atoms with Gasteiger partial charge in [0.15, 0.2) is 5.82 Å². The molecule has 0 atom stereocenters. The minimum Gasteiger partial charge on any atom is -0.332 e. The van der Waals surface area contributed by atoms with Crippen LogP contribution in [0.4, 0.5) is 20.7 Å². The molecule has 7 heteroatoms. The van der Waals surface area contributed by atoms with Crippen molar-refractivity contribution in [1.29, 1.82) is 0 Å². The zero-order valence-corrected chi connectivity index (χ0v) is 9.80. The summed E-state index contributed by atoms with van der Waals surface area (Å²) in [7, 11) is 0. The third kappa shape index (κ3) is 2.17. The number of fused-ring (bicyclic) bond motifs is 1. The second kappa shape index (κ2) is 4.52. The first kappa shape index (κ1) is 11.4. The molecule has 0 spiro atoms. The smallest absolute Gasteiger partial charge is 0.332 e. The molecule has 0 saturated heterocycles. The number of hydrogen-bond acceptors (Lipinski definition) is 4. The van der Waals surface area contributed by atoms with Gasteiger partial charge in [0.25, 0.3) is 0 Å². The highest BCUT2D eigenvalue weighted by Gasteiger charge is 2.25. The number of benzene rings is 1. The van der Waals surface area contributed by atoms with Crippen molar-refractivity contribution >= 4 is 17.5 Å². The topological polar surface area (TPSA) is 70.2 Å². The Hall–Kier alpha value is -2.70. The zero-order chi connectivity index (χ0) is 13.2. The van der Waals surface area contributed by atoms with Crippen LogP contribution in [0, 0.1) is 5.82 Å². The van der Waals surface area contributed by atoms with Crippen LogP contribution in [0.15, 0.2) is 36.8 Å². The first-order valence-electron chi connectivity index (χ1n) is 5.63. The van der Waals surface area contributed by atoms with Gasteiger partial charge in [0.2, 0.25) is 0 Å². The van der Waals surface area contributed by atoms with Gasteiger partial charge in [-0.25, -0.2) is 19.2 Å². The Labute approximate surface area is 108 Å². The van der Waals surface area contributed by atoms with E-state index in [1.807, 2.05) is 0 Å².